The topological polar surface area (TPSA) is 175 Å². The molecule has 1 aromatic heterocycles. The zero-order valence-corrected chi connectivity index (χ0v) is 21.1. The van der Waals surface area contributed by atoms with Crippen molar-refractivity contribution in [2.45, 2.75) is 38.5 Å². The standard InChI is InChI=1S/C23H25N7O6S/c1-4-28-21(20(14(2)3)25-22(32)15-6-5-7-18(12-15)30(35)36)26-27-23(28)37-13-19(31)24-16-8-10-17(11-9-16)29(33)34/h5-12,14,20H,4,13H2,1-3H3,(H,24,31)(H,25,32)/t20-/m1/s1. The summed E-state index contributed by atoms with van der Waals surface area (Å²) in [6.45, 7) is 6.16. The Hall–Kier alpha value is -4.33. The van der Waals surface area contributed by atoms with E-state index in [9.17, 15) is 29.8 Å². The smallest absolute Gasteiger partial charge is 0.270 e. The Morgan fingerprint density at radius 3 is 2.30 bits per heavy atom. The largest absolute Gasteiger partial charge is 0.342 e. The number of nitrogens with one attached hydrogen (secondary N) is 2. The quantitative estimate of drug-likeness (QED) is 0.212. The second kappa shape index (κ2) is 12.1. The van der Waals surface area contributed by atoms with Crippen molar-refractivity contribution in [1.29, 1.82) is 0 Å². The number of hydrogen-bond acceptors (Lipinski definition) is 9. The van der Waals surface area contributed by atoms with Crippen molar-refractivity contribution in [2.75, 3.05) is 11.1 Å². The normalized spacial score (nSPS) is 11.7. The lowest BCUT2D eigenvalue weighted by Crippen LogP contribution is -2.33. The number of rotatable bonds is 11. The van der Waals surface area contributed by atoms with E-state index in [1.165, 1.54) is 48.5 Å². The third-order valence-corrected chi connectivity index (χ3v) is 6.27. The van der Waals surface area contributed by atoms with E-state index in [-0.39, 0.29) is 34.5 Å². The van der Waals surface area contributed by atoms with Crippen LogP contribution in [0, 0.1) is 26.1 Å². The van der Waals surface area contributed by atoms with Gasteiger partial charge in [-0.3, -0.25) is 29.8 Å². The van der Waals surface area contributed by atoms with Crippen molar-refractivity contribution in [2.24, 2.45) is 5.92 Å². The third-order valence-electron chi connectivity index (χ3n) is 5.31. The van der Waals surface area contributed by atoms with Gasteiger partial charge in [0.05, 0.1) is 21.6 Å². The molecule has 14 heteroatoms. The van der Waals surface area contributed by atoms with Crippen LogP contribution < -0.4 is 10.6 Å². The minimum Gasteiger partial charge on any atom is -0.342 e. The number of thioether (sulfide) groups is 1. The number of carbonyl (C=O) groups excluding carboxylic acids is 2. The number of non-ortho nitro benzene ring substituents is 2. The first-order chi connectivity index (χ1) is 17.6. The Kier molecular flexibility index (Phi) is 8.90. The van der Waals surface area contributed by atoms with Crippen molar-refractivity contribution in [3.63, 3.8) is 0 Å². The van der Waals surface area contributed by atoms with Crippen molar-refractivity contribution >= 4 is 40.6 Å². The highest BCUT2D eigenvalue weighted by Crippen LogP contribution is 2.26. The fourth-order valence-electron chi connectivity index (χ4n) is 3.44. The van der Waals surface area contributed by atoms with E-state index in [4.69, 9.17) is 0 Å². The molecule has 0 bridgehead atoms. The average Bonchev–Trinajstić information content (AvgIpc) is 3.28. The van der Waals surface area contributed by atoms with Crippen LogP contribution in [0.1, 0.15) is 43.0 Å². The van der Waals surface area contributed by atoms with E-state index < -0.39 is 21.8 Å². The second-order valence-corrected chi connectivity index (χ2v) is 9.17. The van der Waals surface area contributed by atoms with Crippen LogP contribution in [0.4, 0.5) is 17.1 Å². The predicted octanol–water partition coefficient (Wildman–Crippen LogP) is 3.97. The first-order valence-electron chi connectivity index (χ1n) is 11.3. The fraction of sp³-hybridized carbons (Fsp3) is 0.304. The number of nitrogens with zero attached hydrogens (tertiary/aromatic N) is 5. The Labute approximate surface area is 216 Å². The zero-order chi connectivity index (χ0) is 27.1. The van der Waals surface area contributed by atoms with Gasteiger partial charge in [0.2, 0.25) is 5.91 Å². The lowest BCUT2D eigenvalue weighted by atomic mass is 10.0. The predicted molar refractivity (Wildman–Crippen MR) is 136 cm³/mol. The number of aromatic nitrogens is 3. The third kappa shape index (κ3) is 6.88. The molecule has 0 saturated carbocycles. The van der Waals surface area contributed by atoms with Gasteiger partial charge in [0, 0.05) is 42.1 Å². The van der Waals surface area contributed by atoms with Gasteiger partial charge in [0.25, 0.3) is 17.3 Å². The maximum Gasteiger partial charge on any atom is 0.270 e. The molecule has 0 aliphatic heterocycles. The minimum absolute atomic E-state index is 0.0154. The van der Waals surface area contributed by atoms with E-state index in [0.717, 1.165) is 11.8 Å². The number of nitro groups is 2. The molecule has 3 aromatic rings. The number of hydrogen-bond donors (Lipinski definition) is 2. The maximum atomic E-state index is 12.9. The molecule has 2 N–H and O–H groups in total. The summed E-state index contributed by atoms with van der Waals surface area (Å²) < 4.78 is 1.79. The number of anilines is 1. The molecule has 0 saturated heterocycles. The van der Waals surface area contributed by atoms with Crippen LogP contribution in [-0.2, 0) is 11.3 Å². The number of benzene rings is 2. The van der Waals surface area contributed by atoms with E-state index in [2.05, 4.69) is 20.8 Å². The number of nitro benzene ring substituents is 2. The molecule has 3 rings (SSSR count). The molecule has 1 atom stereocenters. The van der Waals surface area contributed by atoms with Crippen molar-refractivity contribution in [1.82, 2.24) is 20.1 Å². The first kappa shape index (κ1) is 27.3. The van der Waals surface area contributed by atoms with Gasteiger partial charge >= 0.3 is 0 Å². The SMILES string of the molecule is CCn1c(SCC(=O)Nc2ccc([N+](=O)[O-])cc2)nnc1[C@H](NC(=O)c1cccc([N+](=O)[O-])c1)C(C)C. The van der Waals surface area contributed by atoms with Crippen LogP contribution in [0.2, 0.25) is 0 Å². The van der Waals surface area contributed by atoms with Gasteiger partial charge in [-0.2, -0.15) is 0 Å². The molecule has 0 radical (unpaired) electrons. The van der Waals surface area contributed by atoms with Crippen LogP contribution in [0.25, 0.3) is 0 Å². The molecule has 0 aliphatic rings. The van der Waals surface area contributed by atoms with Crippen molar-refractivity contribution < 1.29 is 19.4 Å². The molecule has 37 heavy (non-hydrogen) atoms. The molecule has 0 spiro atoms. The Balaban J connectivity index is 1.70. The first-order valence-corrected chi connectivity index (χ1v) is 12.2. The number of amides is 2. The fourth-order valence-corrected chi connectivity index (χ4v) is 4.25. The Morgan fingerprint density at radius 2 is 1.70 bits per heavy atom. The van der Waals surface area contributed by atoms with Gasteiger partial charge in [-0.25, -0.2) is 0 Å². The van der Waals surface area contributed by atoms with Crippen LogP contribution in [0.3, 0.4) is 0 Å². The monoisotopic (exact) mass is 527 g/mol. The maximum absolute atomic E-state index is 12.9. The average molecular weight is 528 g/mol. The molecule has 0 fully saturated rings. The molecule has 0 aliphatic carbocycles. The van der Waals surface area contributed by atoms with Crippen LogP contribution in [-0.4, -0.2) is 42.2 Å². The van der Waals surface area contributed by atoms with Gasteiger partial charge in [-0.1, -0.05) is 31.7 Å². The summed E-state index contributed by atoms with van der Waals surface area (Å²) in [6.07, 6.45) is 0. The van der Waals surface area contributed by atoms with Gasteiger partial charge in [-0.05, 0) is 31.0 Å². The Bertz CT molecular complexity index is 1310. The highest BCUT2D eigenvalue weighted by molar-refractivity contribution is 7.99. The van der Waals surface area contributed by atoms with Gasteiger partial charge in [-0.15, -0.1) is 10.2 Å². The van der Waals surface area contributed by atoms with E-state index in [1.54, 1.807) is 4.57 Å². The van der Waals surface area contributed by atoms with E-state index in [0.29, 0.717) is 23.2 Å². The summed E-state index contributed by atoms with van der Waals surface area (Å²) in [7, 11) is 0. The molecule has 2 aromatic carbocycles. The molecule has 0 unspecified atom stereocenters. The van der Waals surface area contributed by atoms with Gasteiger partial charge < -0.3 is 15.2 Å². The van der Waals surface area contributed by atoms with Crippen LogP contribution in [0.15, 0.2) is 53.7 Å². The van der Waals surface area contributed by atoms with E-state index >= 15 is 0 Å². The van der Waals surface area contributed by atoms with Crippen LogP contribution >= 0.6 is 11.8 Å². The molecule has 2 amide bonds. The molecular weight excluding hydrogens is 502 g/mol. The lowest BCUT2D eigenvalue weighted by molar-refractivity contribution is -0.385. The molecule has 13 nitrogen and oxygen atoms in total. The zero-order valence-electron chi connectivity index (χ0n) is 20.3. The Morgan fingerprint density at radius 1 is 1.03 bits per heavy atom. The van der Waals surface area contributed by atoms with Crippen molar-refractivity contribution in [3.05, 3.63) is 80.1 Å². The highest BCUT2D eigenvalue weighted by atomic mass is 32.2. The number of carbonyl (C=O) groups is 2. The summed E-state index contributed by atoms with van der Waals surface area (Å²) in [5, 5.41) is 36.3. The summed E-state index contributed by atoms with van der Waals surface area (Å²) >= 11 is 1.16. The van der Waals surface area contributed by atoms with Crippen molar-refractivity contribution in [3.8, 4) is 0 Å². The van der Waals surface area contributed by atoms with E-state index in [1.807, 2.05) is 20.8 Å². The summed E-state index contributed by atoms with van der Waals surface area (Å²) in [5.41, 5.74) is 0.321. The summed E-state index contributed by atoms with van der Waals surface area (Å²) in [4.78, 5) is 46.0. The van der Waals surface area contributed by atoms with Gasteiger partial charge in [0.1, 0.15) is 0 Å². The molecule has 1 heterocycles. The van der Waals surface area contributed by atoms with Crippen LogP contribution in [0.5, 0.6) is 0 Å². The minimum atomic E-state index is -0.564. The molecular formula is C23H25N7O6S. The lowest BCUT2D eigenvalue weighted by Gasteiger charge is -2.22. The summed E-state index contributed by atoms with van der Waals surface area (Å²) in [5.74, 6) is -0.383. The molecule has 194 valence electrons. The second-order valence-electron chi connectivity index (χ2n) is 8.23. The highest BCUT2D eigenvalue weighted by Gasteiger charge is 2.26. The summed E-state index contributed by atoms with van der Waals surface area (Å²) in [6, 6.07) is 10.4. The van der Waals surface area contributed by atoms with Gasteiger partial charge in [0.15, 0.2) is 11.0 Å².